The van der Waals surface area contributed by atoms with E-state index in [9.17, 15) is 9.18 Å². The largest absolute Gasteiger partial charge is 0.383 e. The molecule has 3 aromatic heterocycles. The van der Waals surface area contributed by atoms with Crippen LogP contribution < -0.4 is 5.32 Å². The summed E-state index contributed by atoms with van der Waals surface area (Å²) < 4.78 is 21.2. The number of carbonyl (C=O) groups excluding carboxylic acids is 1. The van der Waals surface area contributed by atoms with Crippen LogP contribution in [-0.2, 0) is 10.5 Å². The van der Waals surface area contributed by atoms with Gasteiger partial charge in [-0.25, -0.2) is 9.37 Å². The quantitative estimate of drug-likeness (QED) is 0.295. The number of para-hydroxylation sites is 1. The Balaban J connectivity index is 1.57. The topological polar surface area (TPSA) is 94.8 Å². The van der Waals surface area contributed by atoms with Crippen molar-refractivity contribution in [3.63, 3.8) is 0 Å². The van der Waals surface area contributed by atoms with Crippen LogP contribution >= 0.6 is 23.1 Å². The smallest absolute Gasteiger partial charge is 0.270 e. The Morgan fingerprint density at radius 1 is 1.25 bits per heavy atom. The van der Waals surface area contributed by atoms with Gasteiger partial charge in [-0.1, -0.05) is 23.9 Å². The fraction of sp³-hybridized carbons (Fsp3) is 0.190. The summed E-state index contributed by atoms with van der Waals surface area (Å²) in [4.78, 5) is 20.7. The monoisotopic (exact) mass is 470 g/mol. The normalized spacial score (nSPS) is 10.9. The molecule has 1 amide bonds. The van der Waals surface area contributed by atoms with Crippen LogP contribution in [0.4, 0.5) is 4.39 Å². The number of thiazole rings is 1. The molecule has 0 aliphatic heterocycles. The summed E-state index contributed by atoms with van der Waals surface area (Å²) in [5.41, 5.74) is 1.42. The third-order valence-electron chi connectivity index (χ3n) is 4.35. The van der Waals surface area contributed by atoms with Crippen molar-refractivity contribution in [3.05, 3.63) is 70.7 Å². The first-order chi connectivity index (χ1) is 15.7. The van der Waals surface area contributed by atoms with Crippen LogP contribution in [0.2, 0.25) is 0 Å². The molecule has 0 saturated heterocycles. The van der Waals surface area contributed by atoms with Crippen molar-refractivity contribution in [1.29, 1.82) is 0 Å². The molecule has 4 rings (SSSR count). The maximum Gasteiger partial charge on any atom is 0.270 e. The van der Waals surface area contributed by atoms with Gasteiger partial charge in [0.05, 0.1) is 18.0 Å². The molecule has 1 aromatic carbocycles. The van der Waals surface area contributed by atoms with Crippen LogP contribution in [0.1, 0.15) is 15.5 Å². The van der Waals surface area contributed by atoms with Gasteiger partial charge in [0.15, 0.2) is 11.0 Å². The molecule has 32 heavy (non-hydrogen) atoms. The van der Waals surface area contributed by atoms with E-state index in [2.05, 4.69) is 25.5 Å². The van der Waals surface area contributed by atoms with E-state index in [1.165, 1.54) is 29.2 Å². The number of ether oxygens (including phenoxy) is 1. The molecule has 0 radical (unpaired) electrons. The molecule has 4 aromatic rings. The van der Waals surface area contributed by atoms with Gasteiger partial charge in [-0.05, 0) is 24.3 Å². The molecule has 11 heteroatoms. The Labute approximate surface area is 191 Å². The standard InChI is InChI=1S/C21H19FN6O2S2/c1-30-10-9-24-20(29)16-12-31-18(25-16)13-32-21-27-26-19(14-5-4-8-23-11-14)28(21)17-7-3-2-6-15(17)22/h2-8,11-12H,9-10,13H2,1H3,(H,24,29). The Kier molecular flexibility index (Phi) is 7.20. The minimum absolute atomic E-state index is 0.247. The number of methoxy groups -OCH3 is 1. The third kappa shape index (κ3) is 5.01. The predicted octanol–water partition coefficient (Wildman–Crippen LogP) is 3.59. The van der Waals surface area contributed by atoms with Gasteiger partial charge < -0.3 is 10.1 Å². The summed E-state index contributed by atoms with van der Waals surface area (Å²) in [6, 6.07) is 10.1. The van der Waals surface area contributed by atoms with E-state index in [4.69, 9.17) is 4.74 Å². The number of benzene rings is 1. The van der Waals surface area contributed by atoms with Crippen LogP contribution in [0.5, 0.6) is 0 Å². The summed E-state index contributed by atoms with van der Waals surface area (Å²) >= 11 is 2.74. The molecule has 0 bridgehead atoms. The van der Waals surface area contributed by atoms with Gasteiger partial charge in [0.2, 0.25) is 0 Å². The maximum absolute atomic E-state index is 14.6. The Hall–Kier alpha value is -3.15. The lowest BCUT2D eigenvalue weighted by molar-refractivity contribution is 0.0932. The molecule has 0 spiro atoms. The highest BCUT2D eigenvalue weighted by Crippen LogP contribution is 2.31. The predicted molar refractivity (Wildman–Crippen MR) is 120 cm³/mol. The van der Waals surface area contributed by atoms with Crippen LogP contribution in [0.3, 0.4) is 0 Å². The number of pyridine rings is 1. The van der Waals surface area contributed by atoms with E-state index in [1.54, 1.807) is 53.7 Å². The molecule has 0 fully saturated rings. The minimum atomic E-state index is -0.386. The molecule has 3 heterocycles. The number of carbonyl (C=O) groups is 1. The summed E-state index contributed by atoms with van der Waals surface area (Å²) in [6.07, 6.45) is 3.32. The molecule has 0 atom stereocenters. The molecular formula is C21H19FN6O2S2. The first-order valence-electron chi connectivity index (χ1n) is 9.62. The van der Waals surface area contributed by atoms with E-state index in [1.807, 2.05) is 6.07 Å². The van der Waals surface area contributed by atoms with E-state index < -0.39 is 0 Å². The van der Waals surface area contributed by atoms with Crippen molar-refractivity contribution in [3.8, 4) is 17.1 Å². The van der Waals surface area contributed by atoms with E-state index in [0.29, 0.717) is 41.3 Å². The van der Waals surface area contributed by atoms with E-state index in [-0.39, 0.29) is 11.7 Å². The van der Waals surface area contributed by atoms with E-state index >= 15 is 0 Å². The van der Waals surface area contributed by atoms with Crippen molar-refractivity contribution >= 4 is 29.0 Å². The highest BCUT2D eigenvalue weighted by Gasteiger charge is 2.19. The molecule has 0 aliphatic carbocycles. The van der Waals surface area contributed by atoms with Crippen LogP contribution in [0.25, 0.3) is 17.1 Å². The minimum Gasteiger partial charge on any atom is -0.383 e. The Morgan fingerprint density at radius 2 is 2.12 bits per heavy atom. The van der Waals surface area contributed by atoms with Crippen LogP contribution in [-0.4, -0.2) is 50.9 Å². The number of amides is 1. The first-order valence-corrected chi connectivity index (χ1v) is 11.5. The summed E-state index contributed by atoms with van der Waals surface area (Å²) in [5, 5.41) is 14.3. The average molecular weight is 471 g/mol. The number of thioether (sulfide) groups is 1. The van der Waals surface area contributed by atoms with E-state index in [0.717, 1.165) is 10.6 Å². The van der Waals surface area contributed by atoms with Gasteiger partial charge in [0.1, 0.15) is 16.5 Å². The highest BCUT2D eigenvalue weighted by molar-refractivity contribution is 7.98. The van der Waals surface area contributed by atoms with Crippen molar-refractivity contribution in [2.24, 2.45) is 0 Å². The number of hydrogen-bond donors (Lipinski definition) is 1. The fourth-order valence-corrected chi connectivity index (χ4v) is 4.60. The third-order valence-corrected chi connectivity index (χ3v) is 6.32. The summed E-state index contributed by atoms with van der Waals surface area (Å²) in [7, 11) is 1.57. The second kappa shape index (κ2) is 10.4. The molecule has 0 saturated carbocycles. The van der Waals surface area contributed by atoms with Gasteiger partial charge in [0.25, 0.3) is 5.91 Å². The van der Waals surface area contributed by atoms with Crippen molar-refractivity contribution < 1.29 is 13.9 Å². The molecule has 0 unspecified atom stereocenters. The lowest BCUT2D eigenvalue weighted by atomic mass is 10.2. The van der Waals surface area contributed by atoms with Crippen LogP contribution in [0, 0.1) is 5.82 Å². The molecule has 8 nitrogen and oxygen atoms in total. The molecular weight excluding hydrogens is 451 g/mol. The van der Waals surface area contributed by atoms with Crippen LogP contribution in [0.15, 0.2) is 59.3 Å². The first kappa shape index (κ1) is 22.1. The van der Waals surface area contributed by atoms with Gasteiger partial charge in [-0.3, -0.25) is 14.3 Å². The zero-order valence-electron chi connectivity index (χ0n) is 17.1. The van der Waals surface area contributed by atoms with Crippen molar-refractivity contribution in [2.75, 3.05) is 20.3 Å². The van der Waals surface area contributed by atoms with Gasteiger partial charge in [-0.15, -0.1) is 21.5 Å². The summed E-state index contributed by atoms with van der Waals surface area (Å²) in [6.45, 7) is 0.851. The average Bonchev–Trinajstić information content (AvgIpc) is 3.46. The zero-order valence-corrected chi connectivity index (χ0v) is 18.7. The Morgan fingerprint density at radius 3 is 2.91 bits per heavy atom. The number of rotatable bonds is 9. The number of hydrogen-bond acceptors (Lipinski definition) is 8. The number of aromatic nitrogens is 5. The number of nitrogens with zero attached hydrogens (tertiary/aromatic N) is 5. The number of nitrogens with one attached hydrogen (secondary N) is 1. The molecule has 164 valence electrons. The Bertz CT molecular complexity index is 1200. The molecule has 0 aliphatic rings. The zero-order chi connectivity index (χ0) is 22.3. The summed E-state index contributed by atoms with van der Waals surface area (Å²) in [5.74, 6) is 0.310. The molecule has 1 N–H and O–H groups in total. The lowest BCUT2D eigenvalue weighted by Gasteiger charge is -2.10. The number of halogens is 1. The van der Waals surface area contributed by atoms with Gasteiger partial charge in [-0.2, -0.15) is 0 Å². The second-order valence-electron chi connectivity index (χ2n) is 6.50. The van der Waals surface area contributed by atoms with Crippen molar-refractivity contribution in [2.45, 2.75) is 10.9 Å². The fourth-order valence-electron chi connectivity index (χ4n) is 2.86. The lowest BCUT2D eigenvalue weighted by Crippen LogP contribution is -2.27. The van der Waals surface area contributed by atoms with Gasteiger partial charge in [0, 0.05) is 37.0 Å². The maximum atomic E-state index is 14.6. The van der Waals surface area contributed by atoms with Gasteiger partial charge >= 0.3 is 0 Å². The second-order valence-corrected chi connectivity index (χ2v) is 8.38. The SMILES string of the molecule is COCCNC(=O)c1csc(CSc2nnc(-c3cccnc3)n2-c2ccccc2F)n1. The van der Waals surface area contributed by atoms with Crippen molar-refractivity contribution in [1.82, 2.24) is 30.0 Å². The highest BCUT2D eigenvalue weighted by atomic mass is 32.2.